The molecule has 0 fully saturated rings. The van der Waals surface area contributed by atoms with E-state index in [-0.39, 0.29) is 0 Å². The van der Waals surface area contributed by atoms with Gasteiger partial charge in [-0.2, -0.15) is 0 Å². The lowest BCUT2D eigenvalue weighted by atomic mass is 9.94. The first-order valence-corrected chi connectivity index (χ1v) is 7.31. The van der Waals surface area contributed by atoms with Crippen molar-refractivity contribution in [3.05, 3.63) is 63.7 Å². The molecule has 0 saturated heterocycles. The highest BCUT2D eigenvalue weighted by Gasteiger charge is 2.17. The van der Waals surface area contributed by atoms with Crippen molar-refractivity contribution in [2.75, 3.05) is 7.11 Å². The molecule has 0 aliphatic carbocycles. The zero-order valence-electron chi connectivity index (χ0n) is 13.5. The van der Waals surface area contributed by atoms with Gasteiger partial charge in [0, 0.05) is 12.0 Å². The van der Waals surface area contributed by atoms with E-state index in [0.717, 1.165) is 28.0 Å². The summed E-state index contributed by atoms with van der Waals surface area (Å²) in [5.41, 5.74) is 6.72. The maximum Gasteiger partial charge on any atom is 0.125 e. The average Bonchev–Trinajstić information content (AvgIpc) is 2.35. The smallest absolute Gasteiger partial charge is 0.125 e. The standard InChI is InChI=1S/C19H24O2/c1-12-6-13(2)9-16(8-12)11-17(20)19-15(4)7-14(3)10-18(19)21-5/h6-10,17,20H,11H2,1-5H3. The Balaban J connectivity index is 2.34. The first-order valence-electron chi connectivity index (χ1n) is 7.31. The normalized spacial score (nSPS) is 12.3. The van der Waals surface area contributed by atoms with Gasteiger partial charge in [-0.25, -0.2) is 0 Å². The Labute approximate surface area is 127 Å². The molecular weight excluding hydrogens is 260 g/mol. The first-order chi connectivity index (χ1) is 9.90. The number of hydrogen-bond donors (Lipinski definition) is 1. The van der Waals surface area contributed by atoms with E-state index in [1.54, 1.807) is 7.11 Å². The van der Waals surface area contributed by atoms with Gasteiger partial charge in [0.15, 0.2) is 0 Å². The number of ether oxygens (including phenoxy) is 1. The minimum absolute atomic E-state index is 0.554. The lowest BCUT2D eigenvalue weighted by Crippen LogP contribution is -2.07. The number of aryl methyl sites for hydroxylation is 4. The van der Waals surface area contributed by atoms with Crippen LogP contribution in [0.3, 0.4) is 0 Å². The van der Waals surface area contributed by atoms with E-state index in [1.165, 1.54) is 11.1 Å². The predicted octanol–water partition coefficient (Wildman–Crippen LogP) is 4.20. The summed E-state index contributed by atoms with van der Waals surface area (Å²) >= 11 is 0. The Morgan fingerprint density at radius 3 is 2.05 bits per heavy atom. The Morgan fingerprint density at radius 2 is 1.48 bits per heavy atom. The van der Waals surface area contributed by atoms with Crippen molar-refractivity contribution in [2.24, 2.45) is 0 Å². The second-order valence-electron chi connectivity index (χ2n) is 5.91. The Hall–Kier alpha value is -1.80. The number of rotatable bonds is 4. The number of hydrogen-bond acceptors (Lipinski definition) is 2. The van der Waals surface area contributed by atoms with Crippen molar-refractivity contribution in [1.82, 2.24) is 0 Å². The van der Waals surface area contributed by atoms with Crippen LogP contribution in [0.5, 0.6) is 5.75 Å². The minimum Gasteiger partial charge on any atom is -0.496 e. The zero-order valence-corrected chi connectivity index (χ0v) is 13.5. The fourth-order valence-corrected chi connectivity index (χ4v) is 3.05. The van der Waals surface area contributed by atoms with Crippen molar-refractivity contribution in [3.8, 4) is 5.75 Å². The minimum atomic E-state index is -0.554. The van der Waals surface area contributed by atoms with Crippen LogP contribution in [0.25, 0.3) is 0 Å². The van der Waals surface area contributed by atoms with Gasteiger partial charge in [0.25, 0.3) is 0 Å². The largest absolute Gasteiger partial charge is 0.496 e. The molecule has 2 nitrogen and oxygen atoms in total. The van der Waals surface area contributed by atoms with E-state index in [1.807, 2.05) is 19.9 Å². The lowest BCUT2D eigenvalue weighted by molar-refractivity contribution is 0.173. The van der Waals surface area contributed by atoms with Crippen LogP contribution in [0, 0.1) is 27.7 Å². The molecule has 1 atom stereocenters. The Morgan fingerprint density at radius 1 is 0.905 bits per heavy atom. The fourth-order valence-electron chi connectivity index (χ4n) is 3.05. The molecule has 1 N–H and O–H groups in total. The van der Waals surface area contributed by atoms with E-state index in [4.69, 9.17) is 4.74 Å². The monoisotopic (exact) mass is 284 g/mol. The summed E-state index contributed by atoms with van der Waals surface area (Å²) in [5.74, 6) is 0.768. The molecule has 0 radical (unpaired) electrons. The Bertz CT molecular complexity index is 624. The molecule has 2 heteroatoms. The van der Waals surface area contributed by atoms with Gasteiger partial charge in [-0.3, -0.25) is 0 Å². The second-order valence-corrected chi connectivity index (χ2v) is 5.91. The van der Waals surface area contributed by atoms with Crippen molar-refractivity contribution in [1.29, 1.82) is 0 Å². The lowest BCUT2D eigenvalue weighted by Gasteiger charge is -2.19. The van der Waals surface area contributed by atoms with E-state index < -0.39 is 6.10 Å². The molecule has 0 spiro atoms. The van der Waals surface area contributed by atoms with Crippen LogP contribution in [0.15, 0.2) is 30.3 Å². The molecule has 0 aliphatic rings. The van der Waals surface area contributed by atoms with Crippen molar-refractivity contribution in [2.45, 2.75) is 40.2 Å². The Kier molecular flexibility index (Phi) is 4.69. The van der Waals surface area contributed by atoms with Gasteiger partial charge in [0.1, 0.15) is 5.75 Å². The van der Waals surface area contributed by atoms with Crippen LogP contribution in [0.4, 0.5) is 0 Å². The number of methoxy groups -OCH3 is 1. The molecule has 21 heavy (non-hydrogen) atoms. The van der Waals surface area contributed by atoms with Crippen LogP contribution >= 0.6 is 0 Å². The summed E-state index contributed by atoms with van der Waals surface area (Å²) in [4.78, 5) is 0. The van der Waals surface area contributed by atoms with Crippen LogP contribution in [0.2, 0.25) is 0 Å². The molecule has 2 rings (SSSR count). The summed E-state index contributed by atoms with van der Waals surface area (Å²) < 4.78 is 5.45. The maximum atomic E-state index is 10.7. The average molecular weight is 284 g/mol. The van der Waals surface area contributed by atoms with Crippen LogP contribution in [-0.4, -0.2) is 12.2 Å². The van der Waals surface area contributed by atoms with Gasteiger partial charge >= 0.3 is 0 Å². The van der Waals surface area contributed by atoms with Crippen molar-refractivity contribution in [3.63, 3.8) is 0 Å². The van der Waals surface area contributed by atoms with E-state index in [2.05, 4.69) is 38.1 Å². The quantitative estimate of drug-likeness (QED) is 0.911. The molecule has 0 saturated carbocycles. The van der Waals surface area contributed by atoms with Crippen LogP contribution < -0.4 is 4.74 Å². The molecule has 0 aliphatic heterocycles. The third kappa shape index (κ3) is 3.64. The summed E-state index contributed by atoms with van der Waals surface area (Å²) in [6, 6.07) is 10.5. The van der Waals surface area contributed by atoms with Crippen molar-refractivity contribution < 1.29 is 9.84 Å². The highest BCUT2D eigenvalue weighted by atomic mass is 16.5. The second kappa shape index (κ2) is 6.31. The highest BCUT2D eigenvalue weighted by molar-refractivity contribution is 5.45. The number of benzene rings is 2. The third-order valence-electron chi connectivity index (χ3n) is 3.76. The number of aliphatic hydroxyl groups is 1. The molecule has 2 aromatic carbocycles. The fraction of sp³-hybridized carbons (Fsp3) is 0.368. The third-order valence-corrected chi connectivity index (χ3v) is 3.76. The summed E-state index contributed by atoms with van der Waals surface area (Å²) in [5, 5.41) is 10.7. The van der Waals surface area contributed by atoms with E-state index in [0.29, 0.717) is 6.42 Å². The van der Waals surface area contributed by atoms with Gasteiger partial charge in [-0.1, -0.05) is 35.4 Å². The predicted molar refractivity (Wildman–Crippen MR) is 87.0 cm³/mol. The van der Waals surface area contributed by atoms with Gasteiger partial charge in [0.2, 0.25) is 0 Å². The van der Waals surface area contributed by atoms with Crippen LogP contribution in [-0.2, 0) is 6.42 Å². The summed E-state index contributed by atoms with van der Waals surface area (Å²) in [6.45, 7) is 8.23. The van der Waals surface area contributed by atoms with Crippen LogP contribution in [0.1, 0.15) is 39.5 Å². The van der Waals surface area contributed by atoms with Gasteiger partial charge in [-0.05, 0) is 50.5 Å². The molecule has 0 aromatic heterocycles. The van der Waals surface area contributed by atoms with Gasteiger partial charge in [-0.15, -0.1) is 0 Å². The maximum absolute atomic E-state index is 10.7. The molecular formula is C19H24O2. The SMILES string of the molecule is COc1cc(C)cc(C)c1C(O)Cc1cc(C)cc(C)c1. The molecule has 0 bridgehead atoms. The molecule has 0 amide bonds. The molecule has 2 aromatic rings. The van der Waals surface area contributed by atoms with E-state index >= 15 is 0 Å². The van der Waals surface area contributed by atoms with E-state index in [9.17, 15) is 5.11 Å². The molecule has 112 valence electrons. The van der Waals surface area contributed by atoms with Gasteiger partial charge < -0.3 is 9.84 Å². The zero-order chi connectivity index (χ0) is 15.6. The van der Waals surface area contributed by atoms with Crippen molar-refractivity contribution >= 4 is 0 Å². The summed E-state index contributed by atoms with van der Waals surface area (Å²) in [7, 11) is 1.65. The molecule has 0 heterocycles. The number of aliphatic hydroxyl groups excluding tert-OH is 1. The topological polar surface area (TPSA) is 29.5 Å². The highest BCUT2D eigenvalue weighted by Crippen LogP contribution is 2.32. The first kappa shape index (κ1) is 15.6. The molecule has 1 unspecified atom stereocenters. The summed E-state index contributed by atoms with van der Waals surface area (Å²) in [6.07, 6.45) is 0.0460. The van der Waals surface area contributed by atoms with Gasteiger partial charge in [0.05, 0.1) is 13.2 Å².